The van der Waals surface area contributed by atoms with Crippen molar-refractivity contribution in [3.63, 3.8) is 0 Å². The average Bonchev–Trinajstić information content (AvgIpc) is 3.01. The van der Waals surface area contributed by atoms with Gasteiger partial charge in [0.2, 0.25) is 0 Å². The third-order valence-electron chi connectivity index (χ3n) is 3.53. The molecule has 1 heterocycles. The summed E-state index contributed by atoms with van der Waals surface area (Å²) in [7, 11) is 0. The predicted molar refractivity (Wildman–Crippen MR) is 90.2 cm³/mol. The molecule has 0 aliphatic heterocycles. The molecule has 0 spiro atoms. The van der Waals surface area contributed by atoms with Crippen LogP contribution >= 0.6 is 11.3 Å². The summed E-state index contributed by atoms with van der Waals surface area (Å²) in [6.45, 7) is 5.49. The van der Waals surface area contributed by atoms with E-state index in [4.69, 9.17) is 0 Å². The summed E-state index contributed by atoms with van der Waals surface area (Å²) in [5, 5.41) is 7.21. The lowest BCUT2D eigenvalue weighted by Gasteiger charge is -2.24. The van der Waals surface area contributed by atoms with Crippen LogP contribution in [0.5, 0.6) is 0 Å². The molecular formula is C17H19F3N2OS. The van der Waals surface area contributed by atoms with Gasteiger partial charge in [-0.15, -0.1) is 11.3 Å². The van der Waals surface area contributed by atoms with Crippen molar-refractivity contribution in [3.8, 4) is 0 Å². The summed E-state index contributed by atoms with van der Waals surface area (Å²) in [5.41, 5.74) is 0.905. The minimum Gasteiger partial charge on any atom is -0.318 e. The number of halogens is 3. The number of amides is 1. The molecule has 1 aromatic heterocycles. The number of alkyl halides is 3. The molecule has 0 aliphatic carbocycles. The zero-order chi connectivity index (χ0) is 17.8. The number of nitrogens with one attached hydrogen (secondary N) is 2. The van der Waals surface area contributed by atoms with Crippen LogP contribution in [0.1, 0.15) is 24.3 Å². The van der Waals surface area contributed by atoms with E-state index in [0.717, 1.165) is 12.1 Å². The number of carbonyl (C=O) groups excluding carboxylic acids is 1. The van der Waals surface area contributed by atoms with Gasteiger partial charge in [-0.3, -0.25) is 4.79 Å². The highest BCUT2D eigenvalue weighted by atomic mass is 32.1. The first-order valence-corrected chi connectivity index (χ1v) is 8.28. The second-order valence-corrected chi connectivity index (χ2v) is 7.06. The van der Waals surface area contributed by atoms with Crippen molar-refractivity contribution < 1.29 is 18.0 Å². The largest absolute Gasteiger partial charge is 0.471 e. The quantitative estimate of drug-likeness (QED) is 0.809. The topological polar surface area (TPSA) is 41.1 Å². The second kappa shape index (κ2) is 7.36. The van der Waals surface area contributed by atoms with Crippen LogP contribution in [0.4, 0.5) is 18.9 Å². The number of thiophene rings is 1. The molecular weight excluding hydrogens is 337 g/mol. The van der Waals surface area contributed by atoms with Gasteiger partial charge in [0.15, 0.2) is 0 Å². The highest BCUT2D eigenvalue weighted by Gasteiger charge is 2.38. The van der Waals surface area contributed by atoms with E-state index in [9.17, 15) is 18.0 Å². The molecule has 1 aromatic carbocycles. The minimum atomic E-state index is -4.89. The minimum absolute atomic E-state index is 0.0315. The van der Waals surface area contributed by atoms with Gasteiger partial charge in [-0.25, -0.2) is 0 Å². The Balaban J connectivity index is 1.92. The van der Waals surface area contributed by atoms with Crippen molar-refractivity contribution in [2.45, 2.75) is 32.0 Å². The second-order valence-electron chi connectivity index (χ2n) is 6.12. The Bertz CT molecular complexity index is 681. The Labute approximate surface area is 142 Å². The highest BCUT2D eigenvalue weighted by molar-refractivity contribution is 7.10. The zero-order valence-electron chi connectivity index (χ0n) is 13.4. The van der Waals surface area contributed by atoms with Crippen molar-refractivity contribution in [1.29, 1.82) is 0 Å². The van der Waals surface area contributed by atoms with Crippen LogP contribution in [0.2, 0.25) is 0 Å². The fourth-order valence-corrected chi connectivity index (χ4v) is 3.08. The molecule has 7 heteroatoms. The number of hydrogen-bond donors (Lipinski definition) is 2. The van der Waals surface area contributed by atoms with Gasteiger partial charge in [-0.1, -0.05) is 32.0 Å². The van der Waals surface area contributed by atoms with Gasteiger partial charge >= 0.3 is 12.1 Å². The van der Waals surface area contributed by atoms with Crippen LogP contribution < -0.4 is 10.6 Å². The van der Waals surface area contributed by atoms with Crippen molar-refractivity contribution >= 4 is 22.9 Å². The third-order valence-corrected chi connectivity index (χ3v) is 4.76. The third kappa shape index (κ3) is 5.07. The van der Waals surface area contributed by atoms with Gasteiger partial charge in [0, 0.05) is 29.1 Å². The summed E-state index contributed by atoms with van der Waals surface area (Å²) in [5.74, 6) is -1.97. The first kappa shape index (κ1) is 18.5. The Morgan fingerprint density at radius 3 is 2.54 bits per heavy atom. The summed E-state index contributed by atoms with van der Waals surface area (Å²) < 4.78 is 36.8. The Morgan fingerprint density at radius 1 is 1.17 bits per heavy atom. The van der Waals surface area contributed by atoms with Gasteiger partial charge in [-0.2, -0.15) is 13.2 Å². The van der Waals surface area contributed by atoms with Crippen molar-refractivity contribution in [1.82, 2.24) is 5.32 Å². The molecule has 0 fully saturated rings. The van der Waals surface area contributed by atoms with Crippen LogP contribution in [-0.2, 0) is 16.8 Å². The van der Waals surface area contributed by atoms with Gasteiger partial charge in [0.1, 0.15) is 0 Å². The Kier molecular flexibility index (Phi) is 5.66. The molecule has 0 radical (unpaired) electrons. The maximum absolute atomic E-state index is 12.3. The van der Waals surface area contributed by atoms with E-state index in [-0.39, 0.29) is 11.1 Å². The smallest absolute Gasteiger partial charge is 0.318 e. The fraction of sp³-hybridized carbons (Fsp3) is 0.353. The molecule has 2 rings (SSSR count). The molecule has 3 nitrogen and oxygen atoms in total. The molecule has 0 saturated heterocycles. The van der Waals surface area contributed by atoms with E-state index in [1.807, 2.05) is 16.8 Å². The molecule has 1 amide bonds. The van der Waals surface area contributed by atoms with Gasteiger partial charge in [-0.05, 0) is 29.1 Å². The molecule has 0 saturated carbocycles. The van der Waals surface area contributed by atoms with Crippen LogP contribution in [0.3, 0.4) is 0 Å². The highest BCUT2D eigenvalue weighted by Crippen LogP contribution is 2.26. The van der Waals surface area contributed by atoms with E-state index in [2.05, 4.69) is 25.2 Å². The normalized spacial score (nSPS) is 12.2. The Morgan fingerprint density at radius 2 is 1.92 bits per heavy atom. The summed E-state index contributed by atoms with van der Waals surface area (Å²) in [6, 6.07) is 10.5. The van der Waals surface area contributed by atoms with Gasteiger partial charge in [0.05, 0.1) is 0 Å². The van der Waals surface area contributed by atoms with E-state index in [1.54, 1.807) is 23.5 Å². The summed E-state index contributed by atoms with van der Waals surface area (Å²) in [4.78, 5) is 12.2. The summed E-state index contributed by atoms with van der Waals surface area (Å²) in [6.07, 6.45) is -4.89. The lowest BCUT2D eigenvalue weighted by atomic mass is 9.91. The number of rotatable bonds is 6. The predicted octanol–water partition coefficient (Wildman–Crippen LogP) is 4.32. The first-order chi connectivity index (χ1) is 11.2. The number of hydrogen-bond acceptors (Lipinski definition) is 3. The van der Waals surface area contributed by atoms with Crippen molar-refractivity contribution in [3.05, 3.63) is 52.2 Å². The van der Waals surface area contributed by atoms with Gasteiger partial charge < -0.3 is 10.6 Å². The molecule has 2 N–H and O–H groups in total. The fourth-order valence-electron chi connectivity index (χ4n) is 2.23. The monoisotopic (exact) mass is 356 g/mol. The molecule has 0 bridgehead atoms. The lowest BCUT2D eigenvalue weighted by molar-refractivity contribution is -0.167. The maximum atomic E-state index is 12.3. The number of carbonyl (C=O) groups is 1. The standard InChI is InChI=1S/C17H19F3N2OS/c1-16(2,14-7-4-8-24-14)11-21-10-12-5-3-6-13(9-12)22-15(23)17(18,19)20/h3-9,21H,10-11H2,1-2H3,(H,22,23). The van der Waals surface area contributed by atoms with Gasteiger partial charge in [0.25, 0.3) is 0 Å². The Hall–Kier alpha value is -1.86. The van der Waals surface area contributed by atoms with E-state index < -0.39 is 12.1 Å². The first-order valence-electron chi connectivity index (χ1n) is 7.40. The van der Waals surface area contributed by atoms with Crippen LogP contribution in [0, 0.1) is 0 Å². The SMILES string of the molecule is CC(C)(CNCc1cccc(NC(=O)C(F)(F)F)c1)c1cccs1. The molecule has 0 aliphatic rings. The lowest BCUT2D eigenvalue weighted by Crippen LogP contribution is -2.32. The van der Waals surface area contributed by atoms with Crippen LogP contribution in [0.15, 0.2) is 41.8 Å². The molecule has 24 heavy (non-hydrogen) atoms. The summed E-state index contributed by atoms with van der Waals surface area (Å²) >= 11 is 1.69. The molecule has 0 atom stereocenters. The number of benzene rings is 1. The molecule has 130 valence electrons. The van der Waals surface area contributed by atoms with Crippen molar-refractivity contribution in [2.24, 2.45) is 0 Å². The van der Waals surface area contributed by atoms with E-state index >= 15 is 0 Å². The van der Waals surface area contributed by atoms with Crippen LogP contribution in [0.25, 0.3) is 0 Å². The zero-order valence-corrected chi connectivity index (χ0v) is 14.2. The molecule has 2 aromatic rings. The molecule has 0 unspecified atom stereocenters. The van der Waals surface area contributed by atoms with E-state index in [1.165, 1.54) is 17.0 Å². The van der Waals surface area contributed by atoms with Crippen LogP contribution in [-0.4, -0.2) is 18.6 Å². The van der Waals surface area contributed by atoms with Crippen molar-refractivity contribution in [2.75, 3.05) is 11.9 Å². The van der Waals surface area contributed by atoms with E-state index in [0.29, 0.717) is 6.54 Å². The maximum Gasteiger partial charge on any atom is 0.471 e. The average molecular weight is 356 g/mol. The number of anilines is 1.